The highest BCUT2D eigenvalue weighted by atomic mass is 19.3. The number of carbonyl (C=O) groups excluding carboxylic acids is 2. The van der Waals surface area contributed by atoms with Gasteiger partial charge in [0.15, 0.2) is 0 Å². The third kappa shape index (κ3) is 6.02. The Morgan fingerprint density at radius 3 is 2.58 bits per heavy atom. The van der Waals surface area contributed by atoms with Crippen molar-refractivity contribution in [1.82, 2.24) is 25.0 Å². The van der Waals surface area contributed by atoms with E-state index in [-0.39, 0.29) is 54.0 Å². The van der Waals surface area contributed by atoms with Crippen molar-refractivity contribution in [2.45, 2.75) is 83.8 Å². The molecule has 4 heterocycles. The largest absolute Gasteiger partial charge is 0.340 e. The van der Waals surface area contributed by atoms with Crippen LogP contribution in [0.1, 0.15) is 65.6 Å². The lowest BCUT2D eigenvalue weighted by atomic mass is 9.88. The van der Waals surface area contributed by atoms with Gasteiger partial charge in [0.2, 0.25) is 11.8 Å². The SMILES string of the molecule is CCCC(F)(F)c1cc2c(cn1)C(C)(C)CN2C(=O)CN1CC(C)NC[C@@H]1CN1CCN(C(C)=O)C[C@H]1C. The molecule has 1 unspecified atom stereocenters. The average Bonchev–Trinajstić information content (AvgIpc) is 3.12. The number of nitrogens with one attached hydrogen (secondary N) is 1. The van der Waals surface area contributed by atoms with E-state index in [0.717, 1.165) is 31.7 Å². The zero-order chi connectivity index (χ0) is 27.8. The maximum absolute atomic E-state index is 14.7. The van der Waals surface area contributed by atoms with Gasteiger partial charge in [0, 0.05) is 94.5 Å². The molecule has 0 spiro atoms. The topological polar surface area (TPSA) is 72.0 Å². The van der Waals surface area contributed by atoms with E-state index in [9.17, 15) is 18.4 Å². The molecular formula is C28H44F2N6O2. The van der Waals surface area contributed by atoms with Crippen LogP contribution in [0.4, 0.5) is 14.5 Å². The summed E-state index contributed by atoms with van der Waals surface area (Å²) in [4.78, 5) is 37.9. The molecule has 2 saturated heterocycles. The smallest absolute Gasteiger partial charge is 0.289 e. The number of amides is 2. The second-order valence-electron chi connectivity index (χ2n) is 12.1. The summed E-state index contributed by atoms with van der Waals surface area (Å²) < 4.78 is 29.5. The summed E-state index contributed by atoms with van der Waals surface area (Å²) in [5, 5.41) is 3.55. The van der Waals surface area contributed by atoms with E-state index in [2.05, 4.69) is 33.9 Å². The first-order chi connectivity index (χ1) is 17.8. The summed E-state index contributed by atoms with van der Waals surface area (Å²) in [5.74, 6) is -2.98. The van der Waals surface area contributed by atoms with Crippen molar-refractivity contribution >= 4 is 17.5 Å². The van der Waals surface area contributed by atoms with E-state index in [1.54, 1.807) is 24.9 Å². The van der Waals surface area contributed by atoms with Crippen molar-refractivity contribution in [3.8, 4) is 0 Å². The van der Waals surface area contributed by atoms with E-state index >= 15 is 0 Å². The predicted molar refractivity (Wildman–Crippen MR) is 145 cm³/mol. The van der Waals surface area contributed by atoms with Gasteiger partial charge < -0.3 is 15.1 Å². The molecule has 2 fully saturated rings. The molecule has 38 heavy (non-hydrogen) atoms. The molecule has 2 amide bonds. The van der Waals surface area contributed by atoms with Gasteiger partial charge in [-0.15, -0.1) is 0 Å². The lowest BCUT2D eigenvalue weighted by Gasteiger charge is -2.45. The molecule has 1 aromatic heterocycles. The maximum Gasteiger partial charge on any atom is 0.289 e. The number of anilines is 1. The summed E-state index contributed by atoms with van der Waals surface area (Å²) in [6.07, 6.45) is 1.62. The summed E-state index contributed by atoms with van der Waals surface area (Å²) in [6, 6.07) is 2.06. The molecule has 0 saturated carbocycles. The van der Waals surface area contributed by atoms with Crippen LogP contribution >= 0.6 is 0 Å². The Bertz CT molecular complexity index is 1030. The fourth-order valence-electron chi connectivity index (χ4n) is 6.11. The standard InChI is InChI=1S/C28H44F2N6O2/c1-7-8-28(29,30)25-11-24-23(13-32-25)27(5,6)18-36(24)26(38)17-35-14-19(2)31-12-22(35)16-33-9-10-34(21(4)37)15-20(33)3/h11,13,19-20,22,31H,7-10,12,14-18H2,1-6H3/t19?,20-,22-/m1/s1. The van der Waals surface area contributed by atoms with Crippen molar-refractivity contribution in [3.05, 3.63) is 23.5 Å². The van der Waals surface area contributed by atoms with Gasteiger partial charge in [-0.3, -0.25) is 24.4 Å². The Hall–Kier alpha value is -2.17. The third-order valence-electron chi connectivity index (χ3n) is 8.42. The molecule has 4 rings (SSSR count). The van der Waals surface area contributed by atoms with Gasteiger partial charge in [-0.2, -0.15) is 8.78 Å². The minimum atomic E-state index is -3.02. The number of pyridine rings is 1. The van der Waals surface area contributed by atoms with E-state index in [1.165, 1.54) is 6.07 Å². The van der Waals surface area contributed by atoms with E-state index < -0.39 is 5.92 Å². The highest BCUT2D eigenvalue weighted by Crippen LogP contribution is 2.43. The number of aromatic nitrogens is 1. The summed E-state index contributed by atoms with van der Waals surface area (Å²) in [5.41, 5.74) is 0.776. The first-order valence-corrected chi connectivity index (χ1v) is 14.0. The van der Waals surface area contributed by atoms with Crippen LogP contribution in [-0.2, 0) is 20.9 Å². The van der Waals surface area contributed by atoms with Crippen LogP contribution in [0.25, 0.3) is 0 Å². The lowest BCUT2D eigenvalue weighted by Crippen LogP contribution is -2.63. The molecule has 10 heteroatoms. The molecule has 0 radical (unpaired) electrons. The summed E-state index contributed by atoms with van der Waals surface area (Å²) in [6.45, 7) is 16.9. The van der Waals surface area contributed by atoms with Gasteiger partial charge in [0.1, 0.15) is 5.69 Å². The van der Waals surface area contributed by atoms with Gasteiger partial charge in [-0.05, 0) is 19.9 Å². The quantitative estimate of drug-likeness (QED) is 0.580. The molecule has 3 aliphatic rings. The second-order valence-corrected chi connectivity index (χ2v) is 12.1. The minimum Gasteiger partial charge on any atom is -0.340 e. The number of hydrogen-bond acceptors (Lipinski definition) is 6. The van der Waals surface area contributed by atoms with Crippen molar-refractivity contribution in [2.24, 2.45) is 0 Å². The zero-order valence-electron chi connectivity index (χ0n) is 23.8. The fraction of sp³-hybridized carbons (Fsp3) is 0.750. The Morgan fingerprint density at radius 1 is 1.18 bits per heavy atom. The molecule has 0 aromatic carbocycles. The van der Waals surface area contributed by atoms with Crippen LogP contribution in [0, 0.1) is 0 Å². The Kier molecular flexibility index (Phi) is 8.45. The normalized spacial score (nSPS) is 26.5. The van der Waals surface area contributed by atoms with Crippen LogP contribution in [0.3, 0.4) is 0 Å². The second kappa shape index (κ2) is 11.1. The Labute approximate surface area is 225 Å². The van der Waals surface area contributed by atoms with Crippen LogP contribution in [0.2, 0.25) is 0 Å². The molecule has 3 atom stereocenters. The van der Waals surface area contributed by atoms with Gasteiger partial charge in [-0.1, -0.05) is 27.2 Å². The van der Waals surface area contributed by atoms with Crippen LogP contribution in [0.5, 0.6) is 0 Å². The van der Waals surface area contributed by atoms with Crippen molar-refractivity contribution in [2.75, 3.05) is 57.3 Å². The number of alkyl halides is 2. The minimum absolute atomic E-state index is 0.0682. The fourth-order valence-corrected chi connectivity index (χ4v) is 6.11. The first kappa shape index (κ1) is 28.8. The number of rotatable bonds is 7. The molecule has 1 aromatic rings. The van der Waals surface area contributed by atoms with Gasteiger partial charge in [-0.25, -0.2) is 0 Å². The number of hydrogen-bond donors (Lipinski definition) is 1. The molecule has 0 aliphatic carbocycles. The average molecular weight is 535 g/mol. The number of piperazine rings is 2. The van der Waals surface area contributed by atoms with Gasteiger partial charge in [0.05, 0.1) is 12.2 Å². The molecule has 0 bridgehead atoms. The van der Waals surface area contributed by atoms with Crippen LogP contribution in [0.15, 0.2) is 12.3 Å². The van der Waals surface area contributed by atoms with Crippen LogP contribution in [-0.4, -0.2) is 102 Å². The number of fused-ring (bicyclic) bond motifs is 1. The number of halogens is 2. The molecule has 8 nitrogen and oxygen atoms in total. The monoisotopic (exact) mass is 534 g/mol. The molecule has 3 aliphatic heterocycles. The number of carbonyl (C=O) groups is 2. The van der Waals surface area contributed by atoms with Crippen LogP contribution < -0.4 is 10.2 Å². The van der Waals surface area contributed by atoms with E-state index in [0.29, 0.717) is 31.7 Å². The van der Waals surface area contributed by atoms with E-state index in [4.69, 9.17) is 0 Å². The highest BCUT2D eigenvalue weighted by molar-refractivity contribution is 5.97. The van der Waals surface area contributed by atoms with Gasteiger partial charge in [0.25, 0.3) is 5.92 Å². The highest BCUT2D eigenvalue weighted by Gasteiger charge is 2.42. The molecule has 212 valence electrons. The predicted octanol–water partition coefficient (Wildman–Crippen LogP) is 2.81. The molecule has 1 N–H and O–H groups in total. The molecular weight excluding hydrogens is 490 g/mol. The van der Waals surface area contributed by atoms with Crippen molar-refractivity contribution in [3.63, 3.8) is 0 Å². The third-order valence-corrected chi connectivity index (χ3v) is 8.42. The summed E-state index contributed by atoms with van der Waals surface area (Å²) >= 11 is 0. The Balaban J connectivity index is 1.50. The zero-order valence-corrected chi connectivity index (χ0v) is 23.8. The first-order valence-electron chi connectivity index (χ1n) is 14.0. The Morgan fingerprint density at radius 2 is 1.92 bits per heavy atom. The summed E-state index contributed by atoms with van der Waals surface area (Å²) in [7, 11) is 0. The van der Waals surface area contributed by atoms with Crippen molar-refractivity contribution in [1.29, 1.82) is 0 Å². The number of nitrogens with zero attached hydrogens (tertiary/aromatic N) is 5. The lowest BCUT2D eigenvalue weighted by molar-refractivity contribution is -0.132. The van der Waals surface area contributed by atoms with Gasteiger partial charge >= 0.3 is 0 Å². The van der Waals surface area contributed by atoms with E-state index in [1.807, 2.05) is 18.7 Å². The maximum atomic E-state index is 14.7. The van der Waals surface area contributed by atoms with Crippen molar-refractivity contribution < 1.29 is 18.4 Å².